The quantitative estimate of drug-likeness (QED) is 0.813. The molecule has 1 rings (SSSR count). The van der Waals surface area contributed by atoms with Crippen LogP contribution in [-0.4, -0.2) is 12.5 Å². The number of ether oxygens (including phenoxy) is 1. The van der Waals surface area contributed by atoms with Gasteiger partial charge in [-0.25, -0.2) is 4.39 Å². The van der Waals surface area contributed by atoms with E-state index < -0.39 is 30.1 Å². The molecule has 0 unspecified atom stereocenters. The second-order valence-electron chi connectivity index (χ2n) is 2.89. The van der Waals surface area contributed by atoms with Crippen molar-refractivity contribution in [2.75, 3.05) is 6.61 Å². The normalized spacial score (nSPS) is 11.2. The number of hydrogen-bond donors (Lipinski definition) is 1. The minimum Gasteiger partial charge on any atom is -0.484 e. The fraction of sp³-hybridized carbons (Fsp3) is 0.222. The van der Waals surface area contributed by atoms with Gasteiger partial charge in [0.1, 0.15) is 11.6 Å². The van der Waals surface area contributed by atoms with Gasteiger partial charge < -0.3 is 10.5 Å². The maximum Gasteiger partial charge on any atom is 0.419 e. The second-order valence-corrected chi connectivity index (χ2v) is 2.89. The van der Waals surface area contributed by atoms with Crippen molar-refractivity contribution < 1.29 is 27.1 Å². The highest BCUT2D eigenvalue weighted by Crippen LogP contribution is 2.33. The van der Waals surface area contributed by atoms with E-state index >= 15 is 0 Å². The molecule has 0 bridgehead atoms. The maximum absolute atomic E-state index is 12.8. The van der Waals surface area contributed by atoms with Crippen LogP contribution < -0.4 is 10.5 Å². The molecule has 2 N–H and O–H groups in total. The highest BCUT2D eigenvalue weighted by molar-refractivity contribution is 5.75. The Kier molecular flexibility index (Phi) is 3.36. The molecule has 3 nitrogen and oxygen atoms in total. The lowest BCUT2D eigenvalue weighted by Gasteiger charge is -2.10. The average molecular weight is 237 g/mol. The van der Waals surface area contributed by atoms with Crippen LogP contribution in [0.3, 0.4) is 0 Å². The number of benzene rings is 1. The van der Waals surface area contributed by atoms with Crippen molar-refractivity contribution in [3.05, 3.63) is 29.6 Å². The third-order valence-electron chi connectivity index (χ3n) is 1.62. The Morgan fingerprint density at radius 1 is 1.38 bits per heavy atom. The predicted molar refractivity (Wildman–Crippen MR) is 46.1 cm³/mol. The van der Waals surface area contributed by atoms with Crippen LogP contribution in [-0.2, 0) is 11.0 Å². The molecule has 0 saturated heterocycles. The fourth-order valence-corrected chi connectivity index (χ4v) is 0.966. The van der Waals surface area contributed by atoms with Crippen LogP contribution in [0.25, 0.3) is 0 Å². The molecule has 16 heavy (non-hydrogen) atoms. The molecule has 0 spiro atoms. The van der Waals surface area contributed by atoms with E-state index in [1.54, 1.807) is 0 Å². The smallest absolute Gasteiger partial charge is 0.419 e. The number of rotatable bonds is 3. The zero-order valence-electron chi connectivity index (χ0n) is 7.84. The van der Waals surface area contributed by atoms with Gasteiger partial charge in [0.05, 0.1) is 5.56 Å². The molecule has 0 aliphatic rings. The van der Waals surface area contributed by atoms with Crippen molar-refractivity contribution in [1.29, 1.82) is 0 Å². The van der Waals surface area contributed by atoms with Gasteiger partial charge in [-0.15, -0.1) is 0 Å². The minimum absolute atomic E-state index is 0.271. The Bertz CT molecular complexity index is 403. The molecule has 1 aromatic carbocycles. The number of carbonyl (C=O) groups is 1. The Morgan fingerprint density at radius 3 is 2.50 bits per heavy atom. The van der Waals surface area contributed by atoms with Crippen LogP contribution in [0.5, 0.6) is 5.75 Å². The second kappa shape index (κ2) is 4.38. The standard InChI is InChI=1S/C9H7F4NO2/c10-7-2-1-5(16-4-8(14)15)3-6(7)9(11,12)13/h1-3H,4H2,(H2,14,15). The monoisotopic (exact) mass is 237 g/mol. The number of amides is 1. The largest absolute Gasteiger partial charge is 0.484 e. The maximum atomic E-state index is 12.8. The lowest BCUT2D eigenvalue weighted by Crippen LogP contribution is -2.20. The van der Waals surface area contributed by atoms with Crippen molar-refractivity contribution in [2.45, 2.75) is 6.18 Å². The number of primary amides is 1. The van der Waals surface area contributed by atoms with Gasteiger partial charge in [0, 0.05) is 0 Å². The van der Waals surface area contributed by atoms with E-state index in [9.17, 15) is 22.4 Å². The highest BCUT2D eigenvalue weighted by Gasteiger charge is 2.34. The molecule has 88 valence electrons. The average Bonchev–Trinajstić information content (AvgIpc) is 2.14. The summed E-state index contributed by atoms with van der Waals surface area (Å²) in [5.74, 6) is -2.51. The van der Waals surface area contributed by atoms with E-state index in [2.05, 4.69) is 4.74 Å². The molecule has 0 radical (unpaired) electrons. The third kappa shape index (κ3) is 3.11. The number of halogens is 4. The molecular weight excluding hydrogens is 230 g/mol. The lowest BCUT2D eigenvalue weighted by molar-refractivity contribution is -0.140. The van der Waals surface area contributed by atoms with Gasteiger partial charge in [-0.3, -0.25) is 4.79 Å². The molecule has 0 fully saturated rings. The molecule has 1 amide bonds. The topological polar surface area (TPSA) is 52.3 Å². The highest BCUT2D eigenvalue weighted by atomic mass is 19.4. The summed E-state index contributed by atoms with van der Waals surface area (Å²) >= 11 is 0. The molecule has 0 saturated carbocycles. The Morgan fingerprint density at radius 2 is 2.00 bits per heavy atom. The molecule has 1 aromatic rings. The molecule has 0 heterocycles. The van der Waals surface area contributed by atoms with Gasteiger partial charge in [-0.2, -0.15) is 13.2 Å². The van der Waals surface area contributed by atoms with Crippen molar-refractivity contribution in [2.24, 2.45) is 5.73 Å². The SMILES string of the molecule is NC(=O)COc1ccc(F)c(C(F)(F)F)c1. The fourth-order valence-electron chi connectivity index (χ4n) is 0.966. The summed E-state index contributed by atoms with van der Waals surface area (Å²) in [6.07, 6.45) is -4.81. The van der Waals surface area contributed by atoms with Gasteiger partial charge in [0.2, 0.25) is 0 Å². The number of nitrogens with two attached hydrogens (primary N) is 1. The van der Waals surface area contributed by atoms with E-state index in [-0.39, 0.29) is 5.75 Å². The molecule has 7 heteroatoms. The van der Waals surface area contributed by atoms with Crippen molar-refractivity contribution in [3.8, 4) is 5.75 Å². The number of hydrogen-bond acceptors (Lipinski definition) is 2. The minimum atomic E-state index is -4.81. The first-order chi connectivity index (χ1) is 7.30. The third-order valence-corrected chi connectivity index (χ3v) is 1.62. The first kappa shape index (κ1) is 12.3. The molecule has 0 aliphatic carbocycles. The zero-order chi connectivity index (χ0) is 12.3. The summed E-state index contributed by atoms with van der Waals surface area (Å²) in [7, 11) is 0. The van der Waals surface area contributed by atoms with E-state index in [0.717, 1.165) is 6.07 Å². The van der Waals surface area contributed by atoms with Crippen LogP contribution in [0.2, 0.25) is 0 Å². The van der Waals surface area contributed by atoms with Crippen LogP contribution in [0, 0.1) is 5.82 Å². The van der Waals surface area contributed by atoms with E-state index in [1.807, 2.05) is 0 Å². The molecular formula is C9H7F4NO2. The molecule has 0 aromatic heterocycles. The van der Waals surface area contributed by atoms with Crippen LogP contribution in [0.4, 0.5) is 17.6 Å². The van der Waals surface area contributed by atoms with Crippen LogP contribution in [0.1, 0.15) is 5.56 Å². The van der Waals surface area contributed by atoms with Gasteiger partial charge in [-0.05, 0) is 18.2 Å². The van der Waals surface area contributed by atoms with Crippen LogP contribution >= 0.6 is 0 Å². The van der Waals surface area contributed by atoms with Gasteiger partial charge in [0.15, 0.2) is 6.61 Å². The van der Waals surface area contributed by atoms with Gasteiger partial charge >= 0.3 is 6.18 Å². The lowest BCUT2D eigenvalue weighted by atomic mass is 10.2. The summed E-state index contributed by atoms with van der Waals surface area (Å²) in [5, 5.41) is 0. The number of carbonyl (C=O) groups excluding carboxylic acids is 1. The Labute approximate surface area is 87.8 Å². The Hall–Kier alpha value is -1.79. The van der Waals surface area contributed by atoms with Crippen molar-refractivity contribution >= 4 is 5.91 Å². The summed E-state index contributed by atoms with van der Waals surface area (Å²) < 4.78 is 54.1. The first-order valence-corrected chi connectivity index (χ1v) is 4.08. The van der Waals surface area contributed by atoms with Crippen molar-refractivity contribution in [1.82, 2.24) is 0 Å². The summed E-state index contributed by atoms with van der Waals surface area (Å²) in [4.78, 5) is 10.3. The Balaban J connectivity index is 2.94. The van der Waals surface area contributed by atoms with Gasteiger partial charge in [0.25, 0.3) is 5.91 Å². The summed E-state index contributed by atoms with van der Waals surface area (Å²) in [6, 6.07) is 2.06. The van der Waals surface area contributed by atoms with Crippen LogP contribution in [0.15, 0.2) is 18.2 Å². The van der Waals surface area contributed by atoms with Gasteiger partial charge in [-0.1, -0.05) is 0 Å². The first-order valence-electron chi connectivity index (χ1n) is 4.08. The van der Waals surface area contributed by atoms with E-state index in [0.29, 0.717) is 12.1 Å². The molecule has 0 aliphatic heterocycles. The predicted octanol–water partition coefficient (Wildman–Crippen LogP) is 1.71. The van der Waals surface area contributed by atoms with Crippen molar-refractivity contribution in [3.63, 3.8) is 0 Å². The zero-order valence-corrected chi connectivity index (χ0v) is 7.84. The van der Waals surface area contributed by atoms with E-state index in [1.165, 1.54) is 0 Å². The molecule has 0 atom stereocenters. The number of alkyl halides is 3. The summed E-state index contributed by atoms with van der Waals surface area (Å²) in [5.41, 5.74) is 3.28. The van der Waals surface area contributed by atoms with E-state index in [4.69, 9.17) is 5.73 Å². The summed E-state index contributed by atoms with van der Waals surface area (Å²) in [6.45, 7) is -0.567.